The van der Waals surface area contributed by atoms with Crippen LogP contribution in [0.2, 0.25) is 0 Å². The van der Waals surface area contributed by atoms with E-state index in [4.69, 9.17) is 0 Å². The molecule has 0 aliphatic carbocycles. The van der Waals surface area contributed by atoms with Gasteiger partial charge in [-0.15, -0.1) is 0 Å². The Bertz CT molecular complexity index is 537. The Labute approximate surface area is 125 Å². The predicted molar refractivity (Wildman–Crippen MR) is 80.9 cm³/mol. The number of nitrogens with zero attached hydrogens (tertiary/aromatic N) is 1. The maximum atomic E-state index is 13.0. The van der Waals surface area contributed by atoms with Gasteiger partial charge in [0, 0.05) is 19.6 Å². The number of hydrogen-bond donors (Lipinski definition) is 2. The minimum Gasteiger partial charge on any atom is -0.387 e. The van der Waals surface area contributed by atoms with Crippen molar-refractivity contribution in [3.05, 3.63) is 35.6 Å². The first-order chi connectivity index (χ1) is 9.84. The molecule has 0 amide bonds. The summed E-state index contributed by atoms with van der Waals surface area (Å²) in [4.78, 5) is 0. The molecule has 0 saturated carbocycles. The SMILES string of the molecule is CCN(CCCNCC(O)c1cccc(F)c1)S(C)(=O)=O. The van der Waals surface area contributed by atoms with Gasteiger partial charge in [-0.2, -0.15) is 0 Å². The van der Waals surface area contributed by atoms with Crippen LogP contribution in [0.25, 0.3) is 0 Å². The van der Waals surface area contributed by atoms with Crippen LogP contribution >= 0.6 is 0 Å². The van der Waals surface area contributed by atoms with E-state index in [-0.39, 0.29) is 5.82 Å². The molecule has 0 spiro atoms. The van der Waals surface area contributed by atoms with Crippen LogP contribution < -0.4 is 5.32 Å². The monoisotopic (exact) mass is 318 g/mol. The minimum atomic E-state index is -3.15. The molecule has 0 aromatic heterocycles. The third-order valence-corrected chi connectivity index (χ3v) is 4.53. The molecule has 120 valence electrons. The Morgan fingerprint density at radius 1 is 1.43 bits per heavy atom. The van der Waals surface area contributed by atoms with Crippen LogP contribution in [-0.2, 0) is 10.0 Å². The molecular weight excluding hydrogens is 295 g/mol. The van der Waals surface area contributed by atoms with Crippen molar-refractivity contribution in [1.82, 2.24) is 9.62 Å². The fourth-order valence-corrected chi connectivity index (χ4v) is 2.94. The van der Waals surface area contributed by atoms with Crippen molar-refractivity contribution in [3.8, 4) is 0 Å². The lowest BCUT2D eigenvalue weighted by atomic mass is 10.1. The summed E-state index contributed by atoms with van der Waals surface area (Å²) < 4.78 is 37.2. The number of sulfonamides is 1. The zero-order valence-corrected chi connectivity index (χ0v) is 13.2. The van der Waals surface area contributed by atoms with Crippen LogP contribution in [0.3, 0.4) is 0 Å². The number of aliphatic hydroxyl groups is 1. The second-order valence-corrected chi connectivity index (χ2v) is 6.87. The van der Waals surface area contributed by atoms with E-state index in [0.717, 1.165) is 0 Å². The summed E-state index contributed by atoms with van der Waals surface area (Å²) in [5.41, 5.74) is 0.522. The van der Waals surface area contributed by atoms with Crippen LogP contribution in [0.1, 0.15) is 25.0 Å². The molecule has 1 atom stereocenters. The summed E-state index contributed by atoms with van der Waals surface area (Å²) in [6.45, 7) is 3.57. The van der Waals surface area contributed by atoms with Gasteiger partial charge in [-0.05, 0) is 30.7 Å². The lowest BCUT2D eigenvalue weighted by Gasteiger charge is -2.18. The fraction of sp³-hybridized carbons (Fsp3) is 0.571. The van der Waals surface area contributed by atoms with E-state index in [0.29, 0.717) is 38.2 Å². The summed E-state index contributed by atoms with van der Waals surface area (Å²) >= 11 is 0. The van der Waals surface area contributed by atoms with E-state index in [1.807, 2.05) is 0 Å². The van der Waals surface area contributed by atoms with Gasteiger partial charge in [0.15, 0.2) is 0 Å². The Kier molecular flexibility index (Phi) is 7.24. The zero-order chi connectivity index (χ0) is 15.9. The first-order valence-electron chi connectivity index (χ1n) is 6.94. The first-order valence-corrected chi connectivity index (χ1v) is 8.78. The number of hydrogen-bond acceptors (Lipinski definition) is 4. The predicted octanol–water partition coefficient (Wildman–Crippen LogP) is 1.12. The van der Waals surface area contributed by atoms with Crippen molar-refractivity contribution in [2.24, 2.45) is 0 Å². The molecule has 0 fully saturated rings. The molecule has 1 aromatic carbocycles. The maximum absolute atomic E-state index is 13.0. The van der Waals surface area contributed by atoms with Gasteiger partial charge in [-0.3, -0.25) is 0 Å². The van der Waals surface area contributed by atoms with Crippen molar-refractivity contribution in [2.45, 2.75) is 19.4 Å². The van der Waals surface area contributed by atoms with E-state index < -0.39 is 16.1 Å². The summed E-state index contributed by atoms with van der Waals surface area (Å²) in [6, 6.07) is 5.85. The Morgan fingerprint density at radius 3 is 2.71 bits per heavy atom. The quantitative estimate of drug-likeness (QED) is 0.670. The van der Waals surface area contributed by atoms with Crippen LogP contribution in [0.15, 0.2) is 24.3 Å². The van der Waals surface area contributed by atoms with Crippen molar-refractivity contribution in [2.75, 3.05) is 32.4 Å². The van der Waals surface area contributed by atoms with E-state index in [1.54, 1.807) is 19.1 Å². The Morgan fingerprint density at radius 2 is 2.14 bits per heavy atom. The van der Waals surface area contributed by atoms with Gasteiger partial charge in [-0.1, -0.05) is 19.1 Å². The van der Waals surface area contributed by atoms with Crippen LogP contribution in [0, 0.1) is 5.82 Å². The van der Waals surface area contributed by atoms with Gasteiger partial charge in [0.1, 0.15) is 5.82 Å². The largest absolute Gasteiger partial charge is 0.387 e. The molecule has 1 aromatic rings. The molecule has 0 heterocycles. The number of halogens is 1. The molecular formula is C14H23FN2O3S. The lowest BCUT2D eigenvalue weighted by molar-refractivity contribution is 0.174. The number of nitrogens with one attached hydrogen (secondary N) is 1. The summed E-state index contributed by atoms with van der Waals surface area (Å²) in [7, 11) is -3.15. The summed E-state index contributed by atoms with van der Waals surface area (Å²) in [5, 5.41) is 12.9. The Hall–Kier alpha value is -1.02. The first kappa shape index (κ1) is 18.0. The van der Waals surface area contributed by atoms with Gasteiger partial charge in [0.2, 0.25) is 10.0 Å². The molecule has 7 heteroatoms. The second-order valence-electron chi connectivity index (χ2n) is 4.88. The maximum Gasteiger partial charge on any atom is 0.211 e. The van der Waals surface area contributed by atoms with Gasteiger partial charge in [0.25, 0.3) is 0 Å². The molecule has 2 N–H and O–H groups in total. The zero-order valence-electron chi connectivity index (χ0n) is 12.4. The van der Waals surface area contributed by atoms with Gasteiger partial charge >= 0.3 is 0 Å². The molecule has 0 aliphatic rings. The summed E-state index contributed by atoms with van der Waals surface area (Å²) in [5.74, 6) is -0.377. The molecule has 5 nitrogen and oxygen atoms in total. The number of benzene rings is 1. The highest BCUT2D eigenvalue weighted by atomic mass is 32.2. The fourth-order valence-electron chi connectivity index (χ4n) is 2.01. The highest BCUT2D eigenvalue weighted by Gasteiger charge is 2.13. The van der Waals surface area contributed by atoms with Crippen LogP contribution in [-0.4, -0.2) is 50.3 Å². The standard InChI is InChI=1S/C14H23FN2O3S/c1-3-17(21(2,19)20)9-5-8-16-11-14(18)12-6-4-7-13(15)10-12/h4,6-7,10,14,16,18H,3,5,8-9,11H2,1-2H3. The van der Waals surface area contributed by atoms with Gasteiger partial charge in [0.05, 0.1) is 12.4 Å². The average Bonchev–Trinajstić information content (AvgIpc) is 2.41. The topological polar surface area (TPSA) is 69.6 Å². The lowest BCUT2D eigenvalue weighted by Crippen LogP contribution is -2.33. The van der Waals surface area contributed by atoms with Crippen molar-refractivity contribution in [1.29, 1.82) is 0 Å². The molecule has 0 aliphatic heterocycles. The van der Waals surface area contributed by atoms with Crippen LogP contribution in [0.4, 0.5) is 4.39 Å². The molecule has 21 heavy (non-hydrogen) atoms. The molecule has 0 bridgehead atoms. The third kappa shape index (κ3) is 6.52. The van der Waals surface area contributed by atoms with Gasteiger partial charge < -0.3 is 10.4 Å². The molecule has 0 radical (unpaired) electrons. The Balaban J connectivity index is 2.28. The van der Waals surface area contributed by atoms with Crippen molar-refractivity contribution >= 4 is 10.0 Å². The average molecular weight is 318 g/mol. The number of rotatable bonds is 9. The molecule has 1 unspecified atom stereocenters. The van der Waals surface area contributed by atoms with E-state index in [1.165, 1.54) is 22.7 Å². The van der Waals surface area contributed by atoms with E-state index in [9.17, 15) is 17.9 Å². The highest BCUT2D eigenvalue weighted by Crippen LogP contribution is 2.12. The molecule has 0 saturated heterocycles. The summed E-state index contributed by atoms with van der Waals surface area (Å²) in [6.07, 6.45) is 1.06. The van der Waals surface area contributed by atoms with Crippen molar-refractivity contribution in [3.63, 3.8) is 0 Å². The number of aliphatic hydroxyl groups excluding tert-OH is 1. The van der Waals surface area contributed by atoms with E-state index in [2.05, 4.69) is 5.32 Å². The van der Waals surface area contributed by atoms with Crippen LogP contribution in [0.5, 0.6) is 0 Å². The van der Waals surface area contributed by atoms with Gasteiger partial charge in [-0.25, -0.2) is 17.1 Å². The normalized spacial score (nSPS) is 13.6. The van der Waals surface area contributed by atoms with Crippen molar-refractivity contribution < 1.29 is 17.9 Å². The smallest absolute Gasteiger partial charge is 0.211 e. The second kappa shape index (κ2) is 8.43. The van der Waals surface area contributed by atoms with E-state index >= 15 is 0 Å². The molecule has 1 rings (SSSR count). The third-order valence-electron chi connectivity index (χ3n) is 3.15. The highest BCUT2D eigenvalue weighted by molar-refractivity contribution is 7.88. The minimum absolute atomic E-state index is 0.300.